The molecule has 3 nitrogen and oxygen atoms in total. The van der Waals surface area contributed by atoms with Gasteiger partial charge in [-0.3, -0.25) is 5.32 Å². The minimum absolute atomic E-state index is 0.395. The van der Waals surface area contributed by atoms with Gasteiger partial charge in [0.15, 0.2) is 0 Å². The van der Waals surface area contributed by atoms with E-state index in [1.165, 1.54) is 4.88 Å². The summed E-state index contributed by atoms with van der Waals surface area (Å²) in [6.07, 6.45) is 1.78. The molecule has 90 valence electrons. The summed E-state index contributed by atoms with van der Waals surface area (Å²) in [6.45, 7) is 7.69. The smallest absolute Gasteiger partial charge is 0.412 e. The minimum atomic E-state index is -0.452. The van der Waals surface area contributed by atoms with Crippen molar-refractivity contribution in [2.24, 2.45) is 0 Å². The van der Waals surface area contributed by atoms with Crippen molar-refractivity contribution < 1.29 is 9.53 Å². The maximum absolute atomic E-state index is 11.5. The summed E-state index contributed by atoms with van der Waals surface area (Å²) in [6, 6.07) is 2.00. The van der Waals surface area contributed by atoms with Crippen molar-refractivity contribution in [3.05, 3.63) is 16.3 Å². The predicted octanol–water partition coefficient (Wildman–Crippen LogP) is 4.05. The van der Waals surface area contributed by atoms with E-state index in [-0.39, 0.29) is 0 Å². The van der Waals surface area contributed by atoms with Crippen LogP contribution in [-0.4, -0.2) is 11.7 Å². The summed E-state index contributed by atoms with van der Waals surface area (Å²) >= 11 is 1.66. The van der Waals surface area contributed by atoms with Gasteiger partial charge < -0.3 is 4.74 Å². The fourth-order valence-corrected chi connectivity index (χ4v) is 2.17. The maximum atomic E-state index is 11.5. The molecule has 0 saturated carbocycles. The Labute approximate surface area is 101 Å². The molecule has 16 heavy (non-hydrogen) atoms. The van der Waals surface area contributed by atoms with Gasteiger partial charge in [0.25, 0.3) is 0 Å². The van der Waals surface area contributed by atoms with Crippen LogP contribution in [0.15, 0.2) is 11.4 Å². The first-order chi connectivity index (χ1) is 7.40. The highest BCUT2D eigenvalue weighted by Gasteiger charge is 2.16. The van der Waals surface area contributed by atoms with Crippen LogP contribution < -0.4 is 5.32 Å². The normalized spacial score (nSPS) is 11.2. The van der Waals surface area contributed by atoms with Gasteiger partial charge in [-0.15, -0.1) is 11.3 Å². The molecule has 4 heteroatoms. The van der Waals surface area contributed by atoms with Crippen molar-refractivity contribution in [3.8, 4) is 0 Å². The molecule has 1 amide bonds. The number of carbonyl (C=O) groups excluding carboxylic acids is 1. The molecule has 1 aromatic rings. The average Bonchev–Trinajstić information content (AvgIpc) is 2.49. The lowest BCUT2D eigenvalue weighted by atomic mass is 10.2. The summed E-state index contributed by atoms with van der Waals surface area (Å²) in [5.41, 5.74) is 0.370. The Morgan fingerprint density at radius 3 is 2.75 bits per heavy atom. The van der Waals surface area contributed by atoms with Crippen LogP contribution >= 0.6 is 11.3 Å². The van der Waals surface area contributed by atoms with Crippen molar-refractivity contribution in [1.29, 1.82) is 0 Å². The van der Waals surface area contributed by atoms with E-state index >= 15 is 0 Å². The highest BCUT2D eigenvalue weighted by molar-refractivity contribution is 7.10. The van der Waals surface area contributed by atoms with Crippen LogP contribution in [0, 0.1) is 0 Å². The Hall–Kier alpha value is -1.03. The Balaban J connectivity index is 2.50. The van der Waals surface area contributed by atoms with E-state index in [1.807, 2.05) is 32.2 Å². The Morgan fingerprint density at radius 1 is 1.50 bits per heavy atom. The molecule has 0 saturated heterocycles. The number of carbonyl (C=O) groups is 1. The van der Waals surface area contributed by atoms with E-state index in [0.29, 0.717) is 0 Å². The van der Waals surface area contributed by atoms with Gasteiger partial charge in [-0.1, -0.05) is 13.3 Å². The van der Waals surface area contributed by atoms with E-state index in [1.54, 1.807) is 11.3 Å². The van der Waals surface area contributed by atoms with Crippen LogP contribution in [0.1, 0.15) is 39.0 Å². The second kappa shape index (κ2) is 5.34. The van der Waals surface area contributed by atoms with Crippen molar-refractivity contribution in [3.63, 3.8) is 0 Å². The monoisotopic (exact) mass is 241 g/mol. The summed E-state index contributed by atoms with van der Waals surface area (Å²) in [4.78, 5) is 12.8. The quantitative estimate of drug-likeness (QED) is 0.867. The SMILES string of the molecule is CCCc1cc(NC(=O)OC(C)(C)C)cs1. The number of amides is 1. The first-order valence-electron chi connectivity index (χ1n) is 5.48. The molecule has 0 aromatic carbocycles. The molecule has 0 aliphatic heterocycles. The molecule has 1 N–H and O–H groups in total. The summed E-state index contributed by atoms with van der Waals surface area (Å²) in [5.74, 6) is 0. The Bertz CT molecular complexity index is 352. The van der Waals surface area contributed by atoms with Crippen LogP contribution in [0.3, 0.4) is 0 Å². The van der Waals surface area contributed by atoms with Crippen LogP contribution in [0.2, 0.25) is 0 Å². The van der Waals surface area contributed by atoms with Crippen molar-refractivity contribution >= 4 is 23.1 Å². The van der Waals surface area contributed by atoms with Gasteiger partial charge in [0, 0.05) is 10.3 Å². The van der Waals surface area contributed by atoms with Crippen molar-refractivity contribution in [2.75, 3.05) is 5.32 Å². The first kappa shape index (κ1) is 13.0. The van der Waals surface area contributed by atoms with Gasteiger partial charge >= 0.3 is 6.09 Å². The van der Waals surface area contributed by atoms with Crippen LogP contribution in [0.5, 0.6) is 0 Å². The lowest BCUT2D eigenvalue weighted by Gasteiger charge is -2.19. The molecule has 0 radical (unpaired) electrons. The molecule has 0 spiro atoms. The van der Waals surface area contributed by atoms with E-state index in [2.05, 4.69) is 12.2 Å². The molecule has 1 rings (SSSR count). The zero-order valence-electron chi connectivity index (χ0n) is 10.3. The molecular formula is C12H19NO2S. The van der Waals surface area contributed by atoms with Crippen LogP contribution in [-0.2, 0) is 11.2 Å². The van der Waals surface area contributed by atoms with Gasteiger partial charge in [-0.2, -0.15) is 0 Å². The average molecular weight is 241 g/mol. The van der Waals surface area contributed by atoms with E-state index in [0.717, 1.165) is 18.5 Å². The van der Waals surface area contributed by atoms with E-state index < -0.39 is 11.7 Å². The van der Waals surface area contributed by atoms with Crippen molar-refractivity contribution in [1.82, 2.24) is 0 Å². The third-order valence-electron chi connectivity index (χ3n) is 1.80. The maximum Gasteiger partial charge on any atom is 0.412 e. The third-order valence-corrected chi connectivity index (χ3v) is 2.79. The van der Waals surface area contributed by atoms with Crippen molar-refractivity contribution in [2.45, 2.75) is 46.1 Å². The molecule has 1 aromatic heterocycles. The number of thiophene rings is 1. The van der Waals surface area contributed by atoms with E-state index in [9.17, 15) is 4.79 Å². The second-order valence-corrected chi connectivity index (χ2v) is 5.67. The Morgan fingerprint density at radius 2 is 2.19 bits per heavy atom. The van der Waals surface area contributed by atoms with Gasteiger partial charge in [0.05, 0.1) is 5.69 Å². The van der Waals surface area contributed by atoms with Crippen LogP contribution in [0.25, 0.3) is 0 Å². The molecule has 0 aliphatic carbocycles. The number of nitrogens with one attached hydrogen (secondary N) is 1. The molecular weight excluding hydrogens is 222 g/mol. The number of ether oxygens (including phenoxy) is 1. The molecule has 0 unspecified atom stereocenters. The second-order valence-electron chi connectivity index (χ2n) is 4.68. The van der Waals surface area contributed by atoms with E-state index in [4.69, 9.17) is 4.74 Å². The zero-order chi connectivity index (χ0) is 12.2. The van der Waals surface area contributed by atoms with Gasteiger partial charge in [0.2, 0.25) is 0 Å². The molecule has 0 fully saturated rings. The van der Waals surface area contributed by atoms with Gasteiger partial charge in [-0.05, 0) is 33.3 Å². The number of anilines is 1. The van der Waals surface area contributed by atoms with Gasteiger partial charge in [0.1, 0.15) is 5.60 Å². The topological polar surface area (TPSA) is 38.3 Å². The molecule has 0 bridgehead atoms. The minimum Gasteiger partial charge on any atom is -0.444 e. The summed E-state index contributed by atoms with van der Waals surface area (Å²) in [5, 5.41) is 4.67. The molecule has 0 atom stereocenters. The fourth-order valence-electron chi connectivity index (χ4n) is 1.25. The first-order valence-corrected chi connectivity index (χ1v) is 6.36. The summed E-state index contributed by atoms with van der Waals surface area (Å²) in [7, 11) is 0. The summed E-state index contributed by atoms with van der Waals surface area (Å²) < 4.78 is 5.17. The predicted molar refractivity (Wildman–Crippen MR) is 68.2 cm³/mol. The molecule has 0 aliphatic rings. The number of hydrogen-bond donors (Lipinski definition) is 1. The Kier molecular flexibility index (Phi) is 4.35. The lowest BCUT2D eigenvalue weighted by molar-refractivity contribution is 0.0636. The number of hydrogen-bond acceptors (Lipinski definition) is 3. The highest BCUT2D eigenvalue weighted by atomic mass is 32.1. The number of rotatable bonds is 3. The third kappa shape index (κ3) is 4.66. The molecule has 1 heterocycles. The standard InChI is InChI=1S/C12H19NO2S/c1-5-6-10-7-9(8-16-10)13-11(14)15-12(2,3)4/h7-8H,5-6H2,1-4H3,(H,13,14). The fraction of sp³-hybridized carbons (Fsp3) is 0.583. The number of aryl methyl sites for hydroxylation is 1. The van der Waals surface area contributed by atoms with Crippen LogP contribution in [0.4, 0.5) is 10.5 Å². The lowest BCUT2D eigenvalue weighted by Crippen LogP contribution is -2.27. The highest BCUT2D eigenvalue weighted by Crippen LogP contribution is 2.21. The largest absolute Gasteiger partial charge is 0.444 e. The van der Waals surface area contributed by atoms with Gasteiger partial charge in [-0.25, -0.2) is 4.79 Å². The zero-order valence-corrected chi connectivity index (χ0v) is 11.1.